The fourth-order valence-corrected chi connectivity index (χ4v) is 1.88. The number of carbonyl (C=O) groups excluding carboxylic acids is 1. The van der Waals surface area contributed by atoms with E-state index >= 15 is 0 Å². The number of nitrogens with one attached hydrogen (secondary N) is 2. The van der Waals surface area contributed by atoms with E-state index < -0.39 is 27.9 Å². The Bertz CT molecular complexity index is 595. The Morgan fingerprint density at radius 3 is 2.60 bits per heavy atom. The van der Waals surface area contributed by atoms with Crippen LogP contribution in [0.15, 0.2) is 12.4 Å². The number of urea groups is 1. The van der Waals surface area contributed by atoms with Gasteiger partial charge >= 0.3 is 12.0 Å². The first-order valence-corrected chi connectivity index (χ1v) is 7.68. The third-order valence-corrected chi connectivity index (χ3v) is 3.28. The van der Waals surface area contributed by atoms with Crippen LogP contribution in [0.1, 0.15) is 11.6 Å². The van der Waals surface area contributed by atoms with Crippen molar-refractivity contribution in [2.24, 2.45) is 7.05 Å². The molecule has 20 heavy (non-hydrogen) atoms. The number of nitrogens with zero attached hydrogens (tertiary/aromatic N) is 2. The minimum Gasteiger partial charge on any atom is -0.479 e. The minimum absolute atomic E-state index is 0.0932. The maximum Gasteiger partial charge on any atom is 0.331 e. The maximum absolute atomic E-state index is 11.5. The van der Waals surface area contributed by atoms with Crippen molar-refractivity contribution >= 4 is 21.8 Å². The van der Waals surface area contributed by atoms with Gasteiger partial charge in [-0.15, -0.1) is 0 Å². The topological polar surface area (TPSA) is 130 Å². The zero-order valence-electron chi connectivity index (χ0n) is 11.0. The van der Waals surface area contributed by atoms with Crippen LogP contribution in [0.25, 0.3) is 0 Å². The second-order valence-electron chi connectivity index (χ2n) is 4.25. The summed E-state index contributed by atoms with van der Waals surface area (Å²) in [5, 5.41) is 17.4. The van der Waals surface area contributed by atoms with Gasteiger partial charge in [0.15, 0.2) is 6.04 Å². The molecule has 0 saturated heterocycles. The fourth-order valence-electron chi connectivity index (χ4n) is 1.41. The highest BCUT2D eigenvalue weighted by molar-refractivity contribution is 7.90. The number of rotatable bonds is 6. The van der Waals surface area contributed by atoms with E-state index in [4.69, 9.17) is 5.11 Å². The van der Waals surface area contributed by atoms with Crippen LogP contribution in [0.2, 0.25) is 0 Å². The van der Waals surface area contributed by atoms with Gasteiger partial charge < -0.3 is 15.7 Å². The van der Waals surface area contributed by atoms with Crippen molar-refractivity contribution in [1.29, 1.82) is 0 Å². The van der Waals surface area contributed by atoms with Gasteiger partial charge in [-0.3, -0.25) is 4.68 Å². The molecule has 2 amide bonds. The Kier molecular flexibility index (Phi) is 5.08. The number of aliphatic carboxylic acids is 1. The van der Waals surface area contributed by atoms with Crippen LogP contribution in [-0.2, 0) is 21.7 Å². The molecule has 0 saturated carbocycles. The number of carboxylic acid groups (broad SMARTS) is 1. The van der Waals surface area contributed by atoms with Gasteiger partial charge in [-0.05, 0) is 0 Å². The molecule has 0 radical (unpaired) electrons. The smallest absolute Gasteiger partial charge is 0.331 e. The zero-order valence-corrected chi connectivity index (χ0v) is 11.8. The average Bonchev–Trinajstić information content (AvgIpc) is 2.70. The summed E-state index contributed by atoms with van der Waals surface area (Å²) in [5.41, 5.74) is 0.318. The quantitative estimate of drug-likeness (QED) is 0.611. The van der Waals surface area contributed by atoms with Gasteiger partial charge in [0.1, 0.15) is 9.84 Å². The van der Waals surface area contributed by atoms with Crippen LogP contribution in [-0.4, -0.2) is 53.9 Å². The third-order valence-electron chi connectivity index (χ3n) is 2.34. The Morgan fingerprint density at radius 2 is 2.15 bits per heavy atom. The summed E-state index contributed by atoms with van der Waals surface area (Å²) in [5.74, 6) is -1.46. The number of aromatic nitrogens is 2. The lowest BCUT2D eigenvalue weighted by molar-refractivity contribution is -0.139. The Hall–Kier alpha value is -2.10. The van der Waals surface area contributed by atoms with Gasteiger partial charge in [0, 0.05) is 31.6 Å². The van der Waals surface area contributed by atoms with E-state index in [0.717, 1.165) is 6.26 Å². The molecule has 0 aliphatic rings. The van der Waals surface area contributed by atoms with E-state index in [2.05, 4.69) is 15.7 Å². The van der Waals surface area contributed by atoms with Crippen LogP contribution in [0.3, 0.4) is 0 Å². The summed E-state index contributed by atoms with van der Waals surface area (Å²) >= 11 is 0. The monoisotopic (exact) mass is 304 g/mol. The highest BCUT2D eigenvalue weighted by Crippen LogP contribution is 2.11. The van der Waals surface area contributed by atoms with Crippen LogP contribution >= 0.6 is 0 Å². The van der Waals surface area contributed by atoms with Gasteiger partial charge in [-0.1, -0.05) is 0 Å². The molecular formula is C10H16N4O5S. The standard InChI is InChI=1S/C10H16N4O5S/c1-14-6-7(5-12-14)8(9(15)16)13-10(17)11-3-4-20(2,18)19/h5-6,8H,3-4H2,1-2H3,(H,15,16)(H2,11,13,17). The van der Waals surface area contributed by atoms with Crippen molar-refractivity contribution in [1.82, 2.24) is 20.4 Å². The number of hydrogen-bond acceptors (Lipinski definition) is 5. The number of carbonyl (C=O) groups is 2. The number of sulfone groups is 1. The van der Waals surface area contributed by atoms with Crippen LogP contribution in [0.4, 0.5) is 4.79 Å². The molecule has 0 bridgehead atoms. The summed E-state index contributed by atoms with van der Waals surface area (Å²) < 4.78 is 23.2. The second-order valence-corrected chi connectivity index (χ2v) is 6.51. The molecule has 0 fully saturated rings. The lowest BCUT2D eigenvalue weighted by Crippen LogP contribution is -2.42. The normalized spacial score (nSPS) is 12.7. The molecule has 112 valence electrons. The van der Waals surface area contributed by atoms with E-state index in [0.29, 0.717) is 5.56 Å². The molecule has 1 aromatic rings. The number of carboxylic acids is 1. The SMILES string of the molecule is Cn1cc(C(NC(=O)NCCS(C)(=O)=O)C(=O)O)cn1. The van der Waals surface area contributed by atoms with E-state index in [1.54, 1.807) is 7.05 Å². The van der Waals surface area contributed by atoms with Crippen molar-refractivity contribution in [3.63, 3.8) is 0 Å². The summed E-state index contributed by atoms with van der Waals surface area (Å²) in [6.07, 6.45) is 3.84. The molecule has 0 aliphatic carbocycles. The molecule has 0 aromatic carbocycles. The summed E-state index contributed by atoms with van der Waals surface area (Å²) in [6.45, 7) is -0.0932. The van der Waals surface area contributed by atoms with Crippen molar-refractivity contribution < 1.29 is 23.1 Å². The van der Waals surface area contributed by atoms with Crippen molar-refractivity contribution in [3.05, 3.63) is 18.0 Å². The van der Waals surface area contributed by atoms with Gasteiger partial charge in [-0.2, -0.15) is 5.10 Å². The molecule has 1 heterocycles. The number of hydrogen-bond donors (Lipinski definition) is 3. The van der Waals surface area contributed by atoms with E-state index in [9.17, 15) is 18.0 Å². The maximum atomic E-state index is 11.5. The second kappa shape index (κ2) is 6.37. The third kappa shape index (κ3) is 5.26. The lowest BCUT2D eigenvalue weighted by Gasteiger charge is -2.13. The molecule has 10 heteroatoms. The largest absolute Gasteiger partial charge is 0.479 e. The van der Waals surface area contributed by atoms with Crippen LogP contribution < -0.4 is 10.6 Å². The highest BCUT2D eigenvalue weighted by Gasteiger charge is 2.23. The Morgan fingerprint density at radius 1 is 1.50 bits per heavy atom. The first-order chi connectivity index (χ1) is 9.19. The summed E-state index contributed by atoms with van der Waals surface area (Å²) in [6, 6.07) is -2.01. The van der Waals surface area contributed by atoms with Crippen molar-refractivity contribution in [3.8, 4) is 0 Å². The Labute approximate surface area is 115 Å². The minimum atomic E-state index is -3.19. The molecule has 1 atom stereocenters. The highest BCUT2D eigenvalue weighted by atomic mass is 32.2. The lowest BCUT2D eigenvalue weighted by atomic mass is 10.1. The first-order valence-electron chi connectivity index (χ1n) is 5.62. The molecule has 9 nitrogen and oxygen atoms in total. The average molecular weight is 304 g/mol. The molecule has 1 aromatic heterocycles. The van der Waals surface area contributed by atoms with Gasteiger partial charge in [0.05, 0.1) is 11.9 Å². The first kappa shape index (κ1) is 16.0. The summed E-state index contributed by atoms with van der Waals surface area (Å²) in [4.78, 5) is 22.6. The molecular weight excluding hydrogens is 288 g/mol. The van der Waals surface area contributed by atoms with E-state index in [1.165, 1.54) is 17.1 Å². The molecule has 1 unspecified atom stereocenters. The molecule has 0 aliphatic heterocycles. The zero-order chi connectivity index (χ0) is 15.3. The van der Waals surface area contributed by atoms with Gasteiger partial charge in [0.25, 0.3) is 0 Å². The Balaban J connectivity index is 2.59. The number of amides is 2. The molecule has 0 spiro atoms. The van der Waals surface area contributed by atoms with Crippen molar-refractivity contribution in [2.75, 3.05) is 18.6 Å². The van der Waals surface area contributed by atoms with E-state index in [-0.39, 0.29) is 12.3 Å². The fraction of sp³-hybridized carbons (Fsp3) is 0.500. The predicted molar refractivity (Wildman–Crippen MR) is 69.8 cm³/mol. The van der Waals surface area contributed by atoms with Gasteiger partial charge in [-0.25, -0.2) is 18.0 Å². The van der Waals surface area contributed by atoms with Crippen molar-refractivity contribution in [2.45, 2.75) is 6.04 Å². The predicted octanol–water partition coefficient (Wildman–Crippen LogP) is -1.11. The number of aryl methyl sites for hydroxylation is 1. The van der Waals surface area contributed by atoms with E-state index in [1.807, 2.05) is 0 Å². The molecule has 3 N–H and O–H groups in total. The van der Waals surface area contributed by atoms with Gasteiger partial charge in [0.2, 0.25) is 0 Å². The van der Waals surface area contributed by atoms with Crippen LogP contribution in [0, 0.1) is 0 Å². The van der Waals surface area contributed by atoms with Crippen LogP contribution in [0.5, 0.6) is 0 Å². The summed E-state index contributed by atoms with van der Waals surface area (Å²) in [7, 11) is -1.57. The molecule has 1 rings (SSSR count).